The molecule has 4 aromatic heterocycles. The SMILES string of the molecule is CCOc1ccc(-c2ccc3ncc4c(c3c2)n(-c2ccc(OC)nc2C)c(=O)n4C)cn1. The van der Waals surface area contributed by atoms with E-state index in [0.29, 0.717) is 29.7 Å². The Morgan fingerprint density at radius 2 is 1.76 bits per heavy atom. The summed E-state index contributed by atoms with van der Waals surface area (Å²) in [5.41, 5.74) is 5.47. The van der Waals surface area contributed by atoms with E-state index in [1.54, 1.807) is 41.8 Å². The Kier molecular flexibility index (Phi) is 5.05. The largest absolute Gasteiger partial charge is 0.481 e. The van der Waals surface area contributed by atoms with E-state index < -0.39 is 0 Å². The van der Waals surface area contributed by atoms with Gasteiger partial charge in [-0.05, 0) is 43.7 Å². The smallest absolute Gasteiger partial charge is 0.333 e. The van der Waals surface area contributed by atoms with Gasteiger partial charge < -0.3 is 9.47 Å². The van der Waals surface area contributed by atoms with Gasteiger partial charge in [0.2, 0.25) is 11.8 Å². The van der Waals surface area contributed by atoms with Crippen LogP contribution in [0.3, 0.4) is 0 Å². The molecular formula is C25H23N5O3. The first kappa shape index (κ1) is 20.7. The molecule has 33 heavy (non-hydrogen) atoms. The second-order valence-corrected chi connectivity index (χ2v) is 7.68. The van der Waals surface area contributed by atoms with Crippen molar-refractivity contribution in [3.05, 3.63) is 71.0 Å². The van der Waals surface area contributed by atoms with E-state index in [2.05, 4.69) is 15.0 Å². The van der Waals surface area contributed by atoms with Gasteiger partial charge in [-0.2, -0.15) is 0 Å². The quantitative estimate of drug-likeness (QED) is 0.409. The van der Waals surface area contributed by atoms with Crippen LogP contribution in [0, 0.1) is 6.92 Å². The number of fused-ring (bicyclic) bond motifs is 3. The van der Waals surface area contributed by atoms with Crippen LogP contribution < -0.4 is 15.2 Å². The van der Waals surface area contributed by atoms with Crippen molar-refractivity contribution in [1.82, 2.24) is 24.1 Å². The second kappa shape index (κ2) is 8.05. The number of aryl methyl sites for hydroxylation is 2. The van der Waals surface area contributed by atoms with Gasteiger partial charge >= 0.3 is 5.69 Å². The van der Waals surface area contributed by atoms with E-state index in [1.165, 1.54) is 0 Å². The van der Waals surface area contributed by atoms with E-state index in [9.17, 15) is 4.79 Å². The molecule has 0 radical (unpaired) electrons. The Balaban J connectivity index is 1.77. The number of benzene rings is 1. The molecule has 0 spiro atoms. The minimum absolute atomic E-state index is 0.164. The van der Waals surface area contributed by atoms with Gasteiger partial charge in [0.05, 0.1) is 47.8 Å². The van der Waals surface area contributed by atoms with Gasteiger partial charge in [0, 0.05) is 36.3 Å². The molecule has 0 unspecified atom stereocenters. The van der Waals surface area contributed by atoms with Crippen LogP contribution in [0.4, 0.5) is 0 Å². The Hall–Kier alpha value is -4.20. The fourth-order valence-corrected chi connectivity index (χ4v) is 4.07. The predicted octanol–water partition coefficient (Wildman–Crippen LogP) is 4.05. The monoisotopic (exact) mass is 441 g/mol. The minimum atomic E-state index is -0.164. The van der Waals surface area contributed by atoms with Crippen LogP contribution in [0.1, 0.15) is 12.6 Å². The third kappa shape index (κ3) is 3.40. The lowest BCUT2D eigenvalue weighted by molar-refractivity contribution is 0.327. The summed E-state index contributed by atoms with van der Waals surface area (Å²) >= 11 is 0. The van der Waals surface area contributed by atoms with Crippen molar-refractivity contribution in [2.45, 2.75) is 13.8 Å². The summed E-state index contributed by atoms with van der Waals surface area (Å²) in [6.07, 6.45) is 3.52. The van der Waals surface area contributed by atoms with Crippen LogP contribution in [0.5, 0.6) is 11.8 Å². The van der Waals surface area contributed by atoms with E-state index in [4.69, 9.17) is 9.47 Å². The van der Waals surface area contributed by atoms with Crippen LogP contribution in [-0.4, -0.2) is 37.8 Å². The van der Waals surface area contributed by atoms with E-state index >= 15 is 0 Å². The van der Waals surface area contributed by atoms with Gasteiger partial charge in [-0.25, -0.2) is 14.8 Å². The summed E-state index contributed by atoms with van der Waals surface area (Å²) < 4.78 is 14.0. The van der Waals surface area contributed by atoms with E-state index in [-0.39, 0.29) is 5.69 Å². The summed E-state index contributed by atoms with van der Waals surface area (Å²) in [7, 11) is 3.32. The maximum atomic E-state index is 13.3. The number of hydrogen-bond acceptors (Lipinski definition) is 6. The first-order valence-electron chi connectivity index (χ1n) is 10.6. The zero-order chi connectivity index (χ0) is 23.1. The number of ether oxygens (including phenoxy) is 2. The van der Waals surface area contributed by atoms with Gasteiger partial charge in [0.1, 0.15) is 0 Å². The number of nitrogens with zero attached hydrogens (tertiary/aromatic N) is 5. The second-order valence-electron chi connectivity index (χ2n) is 7.68. The summed E-state index contributed by atoms with van der Waals surface area (Å²) in [6, 6.07) is 13.5. The first-order valence-corrected chi connectivity index (χ1v) is 10.6. The molecule has 0 atom stereocenters. The lowest BCUT2D eigenvalue weighted by atomic mass is 10.0. The molecule has 5 aromatic rings. The highest BCUT2D eigenvalue weighted by Crippen LogP contribution is 2.30. The highest BCUT2D eigenvalue weighted by Gasteiger charge is 2.18. The van der Waals surface area contributed by atoms with Crippen molar-refractivity contribution in [3.63, 3.8) is 0 Å². The van der Waals surface area contributed by atoms with E-state index in [1.807, 2.05) is 50.2 Å². The maximum absolute atomic E-state index is 13.3. The molecule has 0 fully saturated rings. The molecule has 0 aliphatic heterocycles. The van der Waals surface area contributed by atoms with Crippen LogP contribution in [0.2, 0.25) is 0 Å². The molecule has 8 nitrogen and oxygen atoms in total. The van der Waals surface area contributed by atoms with Gasteiger partial charge in [-0.3, -0.25) is 14.1 Å². The van der Waals surface area contributed by atoms with Gasteiger partial charge in [-0.1, -0.05) is 6.07 Å². The third-order valence-corrected chi connectivity index (χ3v) is 5.73. The summed E-state index contributed by atoms with van der Waals surface area (Å²) in [4.78, 5) is 26.8. The summed E-state index contributed by atoms with van der Waals surface area (Å²) in [6.45, 7) is 4.36. The number of methoxy groups -OCH3 is 1. The Labute approximate surface area is 190 Å². The molecule has 0 amide bonds. The Morgan fingerprint density at radius 1 is 0.970 bits per heavy atom. The lowest BCUT2D eigenvalue weighted by Gasteiger charge is -2.10. The molecule has 0 saturated carbocycles. The molecule has 0 saturated heterocycles. The van der Waals surface area contributed by atoms with Crippen LogP contribution in [0.15, 0.2) is 59.7 Å². The van der Waals surface area contributed by atoms with Crippen molar-refractivity contribution in [2.24, 2.45) is 7.05 Å². The average Bonchev–Trinajstić information content (AvgIpc) is 3.09. The lowest BCUT2D eigenvalue weighted by Crippen LogP contribution is -2.21. The van der Waals surface area contributed by atoms with Crippen LogP contribution >= 0.6 is 0 Å². The molecule has 0 aliphatic carbocycles. The molecule has 0 bridgehead atoms. The minimum Gasteiger partial charge on any atom is -0.481 e. The van der Waals surface area contributed by atoms with E-state index in [0.717, 1.165) is 33.1 Å². The first-order chi connectivity index (χ1) is 16.0. The zero-order valence-electron chi connectivity index (χ0n) is 18.9. The summed E-state index contributed by atoms with van der Waals surface area (Å²) in [5.74, 6) is 1.09. The van der Waals surface area contributed by atoms with Crippen molar-refractivity contribution in [3.8, 4) is 28.6 Å². The third-order valence-electron chi connectivity index (χ3n) is 5.73. The Morgan fingerprint density at radius 3 is 2.45 bits per heavy atom. The van der Waals surface area contributed by atoms with Crippen LogP contribution in [0.25, 0.3) is 38.8 Å². The number of aromatic nitrogens is 5. The Bertz CT molecular complexity index is 1550. The van der Waals surface area contributed by atoms with Gasteiger partial charge in [-0.15, -0.1) is 0 Å². The van der Waals surface area contributed by atoms with Crippen LogP contribution in [-0.2, 0) is 7.05 Å². The normalized spacial score (nSPS) is 11.3. The van der Waals surface area contributed by atoms with Crippen molar-refractivity contribution >= 4 is 21.9 Å². The molecule has 5 rings (SSSR count). The molecule has 8 heteroatoms. The topological polar surface area (TPSA) is 84.1 Å². The molecule has 4 heterocycles. The number of hydrogen-bond donors (Lipinski definition) is 0. The van der Waals surface area contributed by atoms with Crippen molar-refractivity contribution in [1.29, 1.82) is 0 Å². The summed E-state index contributed by atoms with van der Waals surface area (Å²) in [5, 5.41) is 0.867. The van der Waals surface area contributed by atoms with Crippen molar-refractivity contribution in [2.75, 3.05) is 13.7 Å². The fraction of sp³-hybridized carbons (Fsp3) is 0.200. The highest BCUT2D eigenvalue weighted by molar-refractivity contribution is 6.04. The van der Waals surface area contributed by atoms with Gasteiger partial charge in [0.15, 0.2) is 0 Å². The van der Waals surface area contributed by atoms with Crippen molar-refractivity contribution < 1.29 is 9.47 Å². The predicted molar refractivity (Wildman–Crippen MR) is 127 cm³/mol. The molecule has 1 aromatic carbocycles. The number of rotatable bonds is 5. The molecular weight excluding hydrogens is 418 g/mol. The highest BCUT2D eigenvalue weighted by atomic mass is 16.5. The van der Waals surface area contributed by atoms with Gasteiger partial charge in [0.25, 0.3) is 0 Å². The zero-order valence-corrected chi connectivity index (χ0v) is 18.9. The molecule has 0 aliphatic rings. The molecule has 0 N–H and O–H groups in total. The number of imidazole rings is 1. The molecule has 166 valence electrons. The number of pyridine rings is 3. The average molecular weight is 441 g/mol. The standard InChI is InChI=1S/C25H23N5O3/c1-5-33-22-10-7-17(13-27-22)16-6-8-19-18(12-16)24-21(14-26-19)29(3)25(31)30(24)20-9-11-23(32-4)28-15(20)2/h6-14H,5H2,1-4H3. The fourth-order valence-electron chi connectivity index (χ4n) is 4.07. The maximum Gasteiger partial charge on any atom is 0.333 e.